The average molecular weight is 418 g/mol. The van der Waals surface area contributed by atoms with E-state index in [1.54, 1.807) is 25.1 Å². The lowest BCUT2D eigenvalue weighted by molar-refractivity contribution is -0.153. The summed E-state index contributed by atoms with van der Waals surface area (Å²) in [6.45, 7) is 1.56. The first-order chi connectivity index (χ1) is 12.5. The first-order valence-corrected chi connectivity index (χ1v) is 11.4. The van der Waals surface area contributed by atoms with Crippen molar-refractivity contribution in [2.24, 2.45) is 0 Å². The van der Waals surface area contributed by atoms with Crippen LogP contribution < -0.4 is 10.1 Å². The molecule has 1 aromatic carbocycles. The van der Waals surface area contributed by atoms with E-state index in [0.29, 0.717) is 22.9 Å². The Labute approximate surface area is 167 Å². The monoisotopic (exact) mass is 417 g/mol. The molecule has 1 fully saturated rings. The number of nitrogens with one attached hydrogen (secondary N) is 1. The summed E-state index contributed by atoms with van der Waals surface area (Å²) in [6, 6.07) is 4.93. The molecule has 0 radical (unpaired) electrons. The number of esters is 1. The van der Waals surface area contributed by atoms with E-state index in [0.717, 1.165) is 24.5 Å². The molecule has 1 aliphatic rings. The maximum Gasteiger partial charge on any atom is 0.306 e. The van der Waals surface area contributed by atoms with Gasteiger partial charge in [-0.05, 0) is 44.4 Å². The molecule has 0 bridgehead atoms. The largest absolute Gasteiger partial charge is 0.495 e. The lowest BCUT2D eigenvalue weighted by Gasteiger charge is -2.14. The molecule has 1 N–H and O–H groups in total. The van der Waals surface area contributed by atoms with E-state index >= 15 is 0 Å². The van der Waals surface area contributed by atoms with Crippen molar-refractivity contribution in [1.29, 1.82) is 0 Å². The highest BCUT2D eigenvalue weighted by Gasteiger charge is 2.19. The first-order valence-electron chi connectivity index (χ1n) is 8.61. The van der Waals surface area contributed by atoms with Crippen LogP contribution >= 0.6 is 33.2 Å². The van der Waals surface area contributed by atoms with Gasteiger partial charge in [-0.25, -0.2) is 0 Å². The van der Waals surface area contributed by atoms with Gasteiger partial charge < -0.3 is 14.8 Å². The fourth-order valence-electron chi connectivity index (χ4n) is 2.50. The first kappa shape index (κ1) is 21.3. The molecule has 8 heteroatoms. The predicted octanol–water partition coefficient (Wildman–Crippen LogP) is 4.93. The van der Waals surface area contributed by atoms with Crippen molar-refractivity contribution in [3.8, 4) is 5.75 Å². The number of unbranched alkanes of at least 4 members (excludes halogenated alkanes) is 1. The SMILES string of the molecule is COc1ccc(NC(=O)[C@H](C)OC(=O)CCCC[C@H]2CCSS2)cc1Cl. The standard InChI is InChI=1S/C18H24ClNO4S2/c1-12(18(22)20-13-7-8-16(23-2)15(19)11-13)24-17(21)6-4-3-5-14-9-10-25-26-14/h7-8,11-12,14H,3-6,9-10H2,1-2H3,(H,20,22)/t12-,14-/m0/s1. The lowest BCUT2D eigenvalue weighted by Crippen LogP contribution is -2.29. The second kappa shape index (κ2) is 10.9. The number of amides is 1. The number of ether oxygens (including phenoxy) is 2. The van der Waals surface area contributed by atoms with Gasteiger partial charge in [0.05, 0.1) is 12.1 Å². The summed E-state index contributed by atoms with van der Waals surface area (Å²) < 4.78 is 10.3. The maximum absolute atomic E-state index is 12.1. The van der Waals surface area contributed by atoms with Crippen LogP contribution in [0.3, 0.4) is 0 Å². The highest BCUT2D eigenvalue weighted by molar-refractivity contribution is 8.77. The highest BCUT2D eigenvalue weighted by Crippen LogP contribution is 2.39. The van der Waals surface area contributed by atoms with Crippen LogP contribution in [0.5, 0.6) is 5.75 Å². The van der Waals surface area contributed by atoms with Crippen molar-refractivity contribution in [3.63, 3.8) is 0 Å². The number of hydrogen-bond donors (Lipinski definition) is 1. The molecular formula is C18H24ClNO4S2. The van der Waals surface area contributed by atoms with E-state index in [1.807, 2.05) is 21.6 Å². The van der Waals surface area contributed by atoms with Gasteiger partial charge in [0.1, 0.15) is 5.75 Å². The zero-order chi connectivity index (χ0) is 18.9. The summed E-state index contributed by atoms with van der Waals surface area (Å²) >= 11 is 6.03. The minimum Gasteiger partial charge on any atom is -0.495 e. The molecule has 2 rings (SSSR count). The Hall–Kier alpha value is -1.05. The fourth-order valence-corrected chi connectivity index (χ4v) is 5.79. The third-order valence-electron chi connectivity index (χ3n) is 3.98. The number of anilines is 1. The third kappa shape index (κ3) is 6.93. The van der Waals surface area contributed by atoms with Crippen LogP contribution in [0.2, 0.25) is 5.02 Å². The van der Waals surface area contributed by atoms with E-state index in [-0.39, 0.29) is 11.9 Å². The fraction of sp³-hybridized carbons (Fsp3) is 0.556. The summed E-state index contributed by atoms with van der Waals surface area (Å²) in [7, 11) is 5.40. The van der Waals surface area contributed by atoms with Gasteiger partial charge in [0.15, 0.2) is 6.10 Å². The van der Waals surface area contributed by atoms with Crippen molar-refractivity contribution in [2.45, 2.75) is 50.4 Å². The Morgan fingerprint density at radius 1 is 1.38 bits per heavy atom. The molecule has 1 amide bonds. The van der Waals surface area contributed by atoms with Gasteiger partial charge in [-0.1, -0.05) is 39.6 Å². The van der Waals surface area contributed by atoms with Gasteiger partial charge in [0.2, 0.25) is 0 Å². The maximum atomic E-state index is 12.1. The minimum absolute atomic E-state index is 0.339. The normalized spacial score (nSPS) is 17.6. The Morgan fingerprint density at radius 3 is 2.85 bits per heavy atom. The molecule has 144 valence electrons. The molecular weight excluding hydrogens is 394 g/mol. The van der Waals surface area contributed by atoms with Crippen LogP contribution in [-0.2, 0) is 14.3 Å². The number of carbonyl (C=O) groups is 2. The Kier molecular flexibility index (Phi) is 8.95. The number of halogens is 1. The summed E-state index contributed by atoms with van der Waals surface area (Å²) in [6.07, 6.45) is 3.69. The zero-order valence-electron chi connectivity index (χ0n) is 15.0. The Morgan fingerprint density at radius 2 is 2.19 bits per heavy atom. The van der Waals surface area contributed by atoms with E-state index in [9.17, 15) is 9.59 Å². The van der Waals surface area contributed by atoms with Crippen molar-refractivity contribution in [1.82, 2.24) is 0 Å². The van der Waals surface area contributed by atoms with Crippen molar-refractivity contribution < 1.29 is 19.1 Å². The topological polar surface area (TPSA) is 64.6 Å². The number of benzene rings is 1. The highest BCUT2D eigenvalue weighted by atomic mass is 35.5. The minimum atomic E-state index is -0.856. The van der Waals surface area contributed by atoms with Gasteiger partial charge in [-0.15, -0.1) is 0 Å². The number of hydrogen-bond acceptors (Lipinski definition) is 6. The molecule has 1 aliphatic heterocycles. The lowest BCUT2D eigenvalue weighted by atomic mass is 10.1. The second-order valence-electron chi connectivity index (χ2n) is 6.05. The third-order valence-corrected chi connectivity index (χ3v) is 7.28. The van der Waals surface area contributed by atoms with Crippen molar-refractivity contribution >= 4 is 50.8 Å². The molecule has 0 spiro atoms. The van der Waals surface area contributed by atoms with E-state index in [4.69, 9.17) is 21.1 Å². The van der Waals surface area contributed by atoms with Crippen molar-refractivity contribution in [3.05, 3.63) is 23.2 Å². The molecule has 1 heterocycles. The van der Waals surface area contributed by atoms with Crippen LogP contribution in [-0.4, -0.2) is 36.1 Å². The molecule has 0 aromatic heterocycles. The van der Waals surface area contributed by atoms with Crippen LogP contribution in [0.1, 0.15) is 39.0 Å². The van der Waals surface area contributed by atoms with E-state index < -0.39 is 6.10 Å². The van der Waals surface area contributed by atoms with E-state index in [1.165, 1.54) is 19.3 Å². The Balaban J connectivity index is 1.68. The predicted molar refractivity (Wildman–Crippen MR) is 109 cm³/mol. The number of methoxy groups -OCH3 is 1. The Bertz CT molecular complexity index is 623. The van der Waals surface area contributed by atoms with Crippen molar-refractivity contribution in [2.75, 3.05) is 18.2 Å². The van der Waals surface area contributed by atoms with Crippen LogP contribution in [0.25, 0.3) is 0 Å². The zero-order valence-corrected chi connectivity index (χ0v) is 17.3. The summed E-state index contributed by atoms with van der Waals surface area (Å²) in [5, 5.41) is 3.80. The summed E-state index contributed by atoms with van der Waals surface area (Å²) in [5.74, 6) is 1.02. The molecule has 0 aliphatic carbocycles. The summed E-state index contributed by atoms with van der Waals surface area (Å²) in [5.41, 5.74) is 0.524. The smallest absolute Gasteiger partial charge is 0.306 e. The van der Waals surface area contributed by atoms with Gasteiger partial charge >= 0.3 is 5.97 Å². The summed E-state index contributed by atoms with van der Waals surface area (Å²) in [4.78, 5) is 24.0. The molecule has 2 atom stereocenters. The van der Waals surface area contributed by atoms with Gasteiger partial charge in [-0.2, -0.15) is 0 Å². The van der Waals surface area contributed by atoms with Gasteiger partial charge in [-0.3, -0.25) is 9.59 Å². The molecule has 1 aromatic rings. The number of rotatable bonds is 9. The molecule has 0 saturated carbocycles. The van der Waals surface area contributed by atoms with Gasteiger partial charge in [0.25, 0.3) is 5.91 Å². The molecule has 0 unspecified atom stereocenters. The van der Waals surface area contributed by atoms with Crippen LogP contribution in [0, 0.1) is 0 Å². The molecule has 26 heavy (non-hydrogen) atoms. The second-order valence-corrected chi connectivity index (χ2v) is 9.24. The van der Waals surface area contributed by atoms with Crippen LogP contribution in [0.15, 0.2) is 18.2 Å². The van der Waals surface area contributed by atoms with Crippen LogP contribution in [0.4, 0.5) is 5.69 Å². The quantitative estimate of drug-likeness (QED) is 0.349. The molecule has 5 nitrogen and oxygen atoms in total. The molecule has 1 saturated heterocycles. The van der Waals surface area contributed by atoms with Gasteiger partial charge in [0, 0.05) is 23.1 Å². The number of carbonyl (C=O) groups excluding carboxylic acids is 2. The average Bonchev–Trinajstić information content (AvgIpc) is 3.12. The van der Waals surface area contributed by atoms with E-state index in [2.05, 4.69) is 5.32 Å².